The number of carbonyl (C=O) groups is 1. The van der Waals surface area contributed by atoms with E-state index in [1.807, 2.05) is 17.6 Å². The Hall–Kier alpha value is -3.07. The van der Waals surface area contributed by atoms with Crippen molar-refractivity contribution >= 4 is 40.7 Å². The number of thioether (sulfide) groups is 1. The number of esters is 1. The van der Waals surface area contributed by atoms with Crippen molar-refractivity contribution in [2.45, 2.75) is 25.5 Å². The number of imidazole rings is 1. The van der Waals surface area contributed by atoms with Crippen molar-refractivity contribution in [3.63, 3.8) is 0 Å². The second kappa shape index (κ2) is 8.09. The number of nitrogens with zero attached hydrogens (tertiary/aromatic N) is 3. The molecule has 2 heterocycles. The third kappa shape index (κ3) is 4.03. The van der Waals surface area contributed by atoms with Crippen LogP contribution in [0, 0.1) is 10.1 Å². The Balaban J connectivity index is 1.83. The minimum atomic E-state index is -0.581. The Morgan fingerprint density at radius 3 is 2.85 bits per heavy atom. The summed E-state index contributed by atoms with van der Waals surface area (Å²) in [6.07, 6.45) is 1.64. The SMILES string of the molecule is CCOC(=O)c1ccc2c(c1)nc(S/C=C/c1ccc([N+](=O)[O-])o1)n2CC. The van der Waals surface area contributed by atoms with Gasteiger partial charge in [0, 0.05) is 6.54 Å². The van der Waals surface area contributed by atoms with Crippen LogP contribution >= 0.6 is 11.8 Å². The average molecular weight is 387 g/mol. The highest BCUT2D eigenvalue weighted by molar-refractivity contribution is 8.02. The standard InChI is InChI=1S/C18H17N3O5S/c1-3-20-15-7-5-12(17(22)25-4-2)11-14(15)19-18(20)27-10-9-13-6-8-16(26-13)21(23)24/h5-11H,3-4H2,1-2H3/b10-9+. The van der Waals surface area contributed by atoms with Crippen LogP contribution in [0.2, 0.25) is 0 Å². The lowest BCUT2D eigenvalue weighted by molar-refractivity contribution is -0.402. The molecule has 0 spiro atoms. The summed E-state index contributed by atoms with van der Waals surface area (Å²) in [5.74, 6) is -0.288. The van der Waals surface area contributed by atoms with Crippen LogP contribution in [0.1, 0.15) is 30.0 Å². The van der Waals surface area contributed by atoms with E-state index in [2.05, 4.69) is 4.98 Å². The van der Waals surface area contributed by atoms with Gasteiger partial charge in [-0.15, -0.1) is 0 Å². The van der Waals surface area contributed by atoms with E-state index in [-0.39, 0.29) is 11.9 Å². The van der Waals surface area contributed by atoms with E-state index >= 15 is 0 Å². The summed E-state index contributed by atoms with van der Waals surface area (Å²) in [7, 11) is 0. The zero-order valence-electron chi connectivity index (χ0n) is 14.7. The summed E-state index contributed by atoms with van der Waals surface area (Å²) in [6, 6.07) is 8.12. The highest BCUT2D eigenvalue weighted by atomic mass is 32.2. The van der Waals surface area contributed by atoms with Crippen molar-refractivity contribution < 1.29 is 18.9 Å². The second-order valence-electron chi connectivity index (χ2n) is 5.42. The third-order valence-electron chi connectivity index (χ3n) is 3.74. The smallest absolute Gasteiger partial charge is 0.433 e. The Labute approximate surface area is 159 Å². The molecular weight excluding hydrogens is 370 g/mol. The summed E-state index contributed by atoms with van der Waals surface area (Å²) in [5.41, 5.74) is 2.07. The summed E-state index contributed by atoms with van der Waals surface area (Å²) in [4.78, 5) is 26.5. The van der Waals surface area contributed by atoms with Crippen molar-refractivity contribution in [3.8, 4) is 0 Å². The third-order valence-corrected chi connectivity index (χ3v) is 4.53. The number of rotatable bonds is 7. The maximum Gasteiger partial charge on any atom is 0.433 e. The van der Waals surface area contributed by atoms with E-state index < -0.39 is 4.92 Å². The lowest BCUT2D eigenvalue weighted by Crippen LogP contribution is -2.04. The predicted molar refractivity (Wildman–Crippen MR) is 102 cm³/mol. The molecular formula is C18H17N3O5S. The van der Waals surface area contributed by atoms with Gasteiger partial charge >= 0.3 is 11.9 Å². The quantitative estimate of drug-likeness (QED) is 0.255. The second-order valence-corrected chi connectivity index (χ2v) is 6.29. The minimum absolute atomic E-state index is 0.299. The predicted octanol–water partition coefficient (Wildman–Crippen LogP) is 4.50. The lowest BCUT2D eigenvalue weighted by atomic mass is 10.2. The maximum absolute atomic E-state index is 11.9. The molecule has 27 heavy (non-hydrogen) atoms. The molecule has 0 amide bonds. The molecule has 0 aliphatic rings. The number of hydrogen-bond acceptors (Lipinski definition) is 7. The van der Waals surface area contributed by atoms with Crippen molar-refractivity contribution in [2.24, 2.45) is 0 Å². The summed E-state index contributed by atoms with van der Waals surface area (Å²) >= 11 is 1.36. The first-order valence-corrected chi connectivity index (χ1v) is 9.16. The number of furan rings is 1. The van der Waals surface area contributed by atoms with Crippen LogP contribution in [0.25, 0.3) is 17.1 Å². The molecule has 0 aliphatic carbocycles. The van der Waals surface area contributed by atoms with Crippen molar-refractivity contribution in [3.05, 3.63) is 57.2 Å². The van der Waals surface area contributed by atoms with Crippen LogP contribution < -0.4 is 0 Å². The first-order chi connectivity index (χ1) is 13.0. The molecule has 3 rings (SSSR count). The minimum Gasteiger partial charge on any atom is -0.462 e. The number of fused-ring (bicyclic) bond motifs is 1. The monoisotopic (exact) mass is 387 g/mol. The fourth-order valence-electron chi connectivity index (χ4n) is 2.54. The lowest BCUT2D eigenvalue weighted by Gasteiger charge is -2.04. The molecule has 140 valence electrons. The van der Waals surface area contributed by atoms with Gasteiger partial charge in [-0.25, -0.2) is 9.78 Å². The Kier molecular flexibility index (Phi) is 5.60. The molecule has 0 N–H and O–H groups in total. The number of benzene rings is 1. The van der Waals surface area contributed by atoms with Crippen LogP contribution in [-0.4, -0.2) is 27.1 Å². The van der Waals surface area contributed by atoms with Crippen LogP contribution in [0.4, 0.5) is 5.88 Å². The van der Waals surface area contributed by atoms with Crippen LogP contribution in [0.5, 0.6) is 0 Å². The molecule has 0 saturated carbocycles. The number of aromatic nitrogens is 2. The largest absolute Gasteiger partial charge is 0.462 e. The van der Waals surface area contributed by atoms with Crippen LogP contribution in [0.3, 0.4) is 0 Å². The van der Waals surface area contributed by atoms with Crippen molar-refractivity contribution in [1.29, 1.82) is 0 Å². The van der Waals surface area contributed by atoms with E-state index in [0.29, 0.717) is 30.0 Å². The molecule has 0 atom stereocenters. The topological polar surface area (TPSA) is 100 Å². The fourth-order valence-corrected chi connectivity index (χ4v) is 3.37. The molecule has 0 saturated heterocycles. The van der Waals surface area contributed by atoms with E-state index in [1.165, 1.54) is 23.9 Å². The molecule has 0 aliphatic heterocycles. The molecule has 3 aromatic rings. The first-order valence-electron chi connectivity index (χ1n) is 8.28. The summed E-state index contributed by atoms with van der Waals surface area (Å²) in [5, 5.41) is 13.1. The van der Waals surface area contributed by atoms with E-state index in [0.717, 1.165) is 10.7 Å². The molecule has 1 aromatic carbocycles. The maximum atomic E-state index is 11.9. The molecule has 0 unspecified atom stereocenters. The highest BCUT2D eigenvalue weighted by Gasteiger charge is 2.14. The van der Waals surface area contributed by atoms with E-state index in [9.17, 15) is 14.9 Å². The van der Waals surface area contributed by atoms with Gasteiger partial charge in [0.2, 0.25) is 0 Å². The number of nitro groups is 1. The van der Waals surface area contributed by atoms with Crippen LogP contribution in [0.15, 0.2) is 45.3 Å². The summed E-state index contributed by atoms with van der Waals surface area (Å²) < 4.78 is 12.1. The van der Waals surface area contributed by atoms with Gasteiger partial charge in [-0.1, -0.05) is 11.8 Å². The molecule has 2 aromatic heterocycles. The van der Waals surface area contributed by atoms with Gasteiger partial charge in [-0.3, -0.25) is 10.1 Å². The number of carbonyl (C=O) groups excluding carboxylic acids is 1. The van der Waals surface area contributed by atoms with Gasteiger partial charge in [-0.2, -0.15) is 0 Å². The Morgan fingerprint density at radius 1 is 1.37 bits per heavy atom. The van der Waals surface area contributed by atoms with E-state index in [1.54, 1.807) is 30.5 Å². The van der Waals surface area contributed by atoms with Gasteiger partial charge < -0.3 is 13.7 Å². The average Bonchev–Trinajstić information content (AvgIpc) is 3.25. The molecule has 9 heteroatoms. The van der Waals surface area contributed by atoms with E-state index in [4.69, 9.17) is 9.15 Å². The molecule has 0 bridgehead atoms. The normalized spacial score (nSPS) is 11.3. The number of aryl methyl sites for hydroxylation is 1. The fraction of sp³-hybridized carbons (Fsp3) is 0.222. The van der Waals surface area contributed by atoms with Crippen molar-refractivity contribution in [2.75, 3.05) is 6.61 Å². The zero-order valence-corrected chi connectivity index (χ0v) is 15.6. The zero-order chi connectivity index (χ0) is 19.4. The number of hydrogen-bond donors (Lipinski definition) is 0. The van der Waals surface area contributed by atoms with Gasteiger partial charge in [0.05, 0.1) is 29.3 Å². The molecule has 8 nitrogen and oxygen atoms in total. The molecule has 0 fully saturated rings. The number of ether oxygens (including phenoxy) is 1. The van der Waals surface area contributed by atoms with Gasteiger partial charge in [0.15, 0.2) is 5.16 Å². The summed E-state index contributed by atoms with van der Waals surface area (Å²) in [6.45, 7) is 4.79. The van der Waals surface area contributed by atoms with Crippen molar-refractivity contribution in [1.82, 2.24) is 9.55 Å². The Morgan fingerprint density at radius 2 is 2.19 bits per heavy atom. The van der Waals surface area contributed by atoms with Gasteiger partial charge in [0.1, 0.15) is 10.7 Å². The molecule has 0 radical (unpaired) electrons. The Bertz CT molecular complexity index is 1020. The first kappa shape index (κ1) is 18.7. The highest BCUT2D eigenvalue weighted by Crippen LogP contribution is 2.27. The van der Waals surface area contributed by atoms with Crippen LogP contribution in [-0.2, 0) is 11.3 Å². The van der Waals surface area contributed by atoms with Gasteiger partial charge in [0.25, 0.3) is 0 Å². The van der Waals surface area contributed by atoms with Gasteiger partial charge in [-0.05, 0) is 49.6 Å².